The first-order chi connectivity index (χ1) is 9.60. The van der Waals surface area contributed by atoms with E-state index >= 15 is 0 Å². The second kappa shape index (κ2) is 6.89. The predicted octanol–water partition coefficient (Wildman–Crippen LogP) is 2.72. The lowest BCUT2D eigenvalue weighted by atomic mass is 10.1. The highest BCUT2D eigenvalue weighted by molar-refractivity contribution is 5.79. The van der Waals surface area contributed by atoms with Crippen molar-refractivity contribution in [2.24, 2.45) is 11.7 Å². The summed E-state index contributed by atoms with van der Waals surface area (Å²) in [7, 11) is 0. The zero-order valence-electron chi connectivity index (χ0n) is 12.6. The number of carbonyl (C=O) groups excluding carboxylic acids is 1. The Morgan fingerprint density at radius 2 is 1.85 bits per heavy atom. The van der Waals surface area contributed by atoms with Gasteiger partial charge in [0.15, 0.2) is 0 Å². The van der Waals surface area contributed by atoms with E-state index in [-0.39, 0.29) is 5.91 Å². The van der Waals surface area contributed by atoms with Gasteiger partial charge in [0.25, 0.3) is 0 Å². The Morgan fingerprint density at radius 3 is 2.35 bits per heavy atom. The lowest BCUT2D eigenvalue weighted by Gasteiger charge is -2.23. The summed E-state index contributed by atoms with van der Waals surface area (Å²) in [5, 5.41) is 0. The highest BCUT2D eigenvalue weighted by Crippen LogP contribution is 2.28. The molecular weight excluding hydrogens is 248 g/mol. The van der Waals surface area contributed by atoms with Crippen LogP contribution in [0.4, 0.5) is 0 Å². The van der Waals surface area contributed by atoms with Crippen LogP contribution in [-0.2, 0) is 17.8 Å². The third-order valence-corrected chi connectivity index (χ3v) is 3.87. The summed E-state index contributed by atoms with van der Waals surface area (Å²) >= 11 is 0. The molecule has 20 heavy (non-hydrogen) atoms. The van der Waals surface area contributed by atoms with Crippen LogP contribution in [0.1, 0.15) is 44.2 Å². The van der Waals surface area contributed by atoms with Crippen molar-refractivity contribution in [1.82, 2.24) is 4.90 Å². The molecular formula is C17H26N2O. The van der Waals surface area contributed by atoms with Gasteiger partial charge in [-0.1, -0.05) is 38.1 Å². The topological polar surface area (TPSA) is 46.3 Å². The number of carbonyl (C=O) groups is 1. The van der Waals surface area contributed by atoms with Gasteiger partial charge >= 0.3 is 0 Å². The van der Waals surface area contributed by atoms with Crippen LogP contribution in [0, 0.1) is 5.92 Å². The summed E-state index contributed by atoms with van der Waals surface area (Å²) in [6, 6.07) is 8.57. The Hall–Kier alpha value is -1.35. The maximum Gasteiger partial charge on any atom is 0.227 e. The van der Waals surface area contributed by atoms with E-state index in [9.17, 15) is 4.79 Å². The van der Waals surface area contributed by atoms with Crippen LogP contribution in [-0.4, -0.2) is 23.4 Å². The van der Waals surface area contributed by atoms with E-state index in [4.69, 9.17) is 5.73 Å². The number of benzene rings is 1. The molecule has 110 valence electrons. The predicted molar refractivity (Wildman–Crippen MR) is 82.2 cm³/mol. The lowest BCUT2D eigenvalue weighted by molar-refractivity contribution is -0.131. The third-order valence-electron chi connectivity index (χ3n) is 3.87. The molecule has 1 aromatic rings. The van der Waals surface area contributed by atoms with Gasteiger partial charge in [0.05, 0.1) is 6.42 Å². The van der Waals surface area contributed by atoms with Crippen LogP contribution in [0.25, 0.3) is 0 Å². The number of nitrogens with zero attached hydrogens (tertiary/aromatic N) is 1. The smallest absolute Gasteiger partial charge is 0.227 e. The molecule has 2 N–H and O–H groups in total. The largest absolute Gasteiger partial charge is 0.339 e. The van der Waals surface area contributed by atoms with Crippen LogP contribution in [0.2, 0.25) is 0 Å². The van der Waals surface area contributed by atoms with Gasteiger partial charge in [-0.25, -0.2) is 0 Å². The van der Waals surface area contributed by atoms with Crippen molar-refractivity contribution in [2.45, 2.75) is 52.1 Å². The number of hydrogen-bond donors (Lipinski definition) is 1. The van der Waals surface area contributed by atoms with Gasteiger partial charge in [0.1, 0.15) is 0 Å². The van der Waals surface area contributed by atoms with Crippen molar-refractivity contribution in [3.8, 4) is 0 Å². The first kappa shape index (κ1) is 15.0. The summed E-state index contributed by atoms with van der Waals surface area (Å²) in [5.41, 5.74) is 7.79. The molecule has 0 aromatic heterocycles. The van der Waals surface area contributed by atoms with Crippen molar-refractivity contribution in [2.75, 3.05) is 6.54 Å². The fraction of sp³-hybridized carbons (Fsp3) is 0.588. The fourth-order valence-corrected chi connectivity index (χ4v) is 2.36. The van der Waals surface area contributed by atoms with Crippen molar-refractivity contribution in [1.29, 1.82) is 0 Å². The van der Waals surface area contributed by atoms with Crippen LogP contribution < -0.4 is 5.73 Å². The zero-order chi connectivity index (χ0) is 14.5. The molecule has 3 nitrogen and oxygen atoms in total. The number of rotatable bonds is 7. The second-order valence-electron chi connectivity index (χ2n) is 6.20. The van der Waals surface area contributed by atoms with Gasteiger partial charge in [-0.3, -0.25) is 4.79 Å². The Kier molecular flexibility index (Phi) is 5.18. The molecule has 0 bridgehead atoms. The summed E-state index contributed by atoms with van der Waals surface area (Å²) in [5.74, 6) is 0.918. The minimum atomic E-state index is 0.272. The van der Waals surface area contributed by atoms with Crippen molar-refractivity contribution in [3.05, 3.63) is 35.4 Å². The Balaban J connectivity index is 1.93. The lowest BCUT2D eigenvalue weighted by Crippen LogP contribution is -2.35. The van der Waals surface area contributed by atoms with E-state index in [1.165, 1.54) is 12.8 Å². The number of amides is 1. The highest BCUT2D eigenvalue weighted by Gasteiger charge is 2.32. The van der Waals surface area contributed by atoms with E-state index in [1.54, 1.807) is 0 Å². The Morgan fingerprint density at radius 1 is 1.25 bits per heavy atom. The van der Waals surface area contributed by atoms with Gasteiger partial charge in [-0.15, -0.1) is 0 Å². The van der Waals surface area contributed by atoms with E-state index in [2.05, 4.69) is 18.7 Å². The minimum Gasteiger partial charge on any atom is -0.339 e. The van der Waals surface area contributed by atoms with Gasteiger partial charge in [0.2, 0.25) is 5.91 Å². The monoisotopic (exact) mass is 274 g/mol. The van der Waals surface area contributed by atoms with Gasteiger partial charge in [-0.05, 0) is 36.3 Å². The quantitative estimate of drug-likeness (QED) is 0.831. The summed E-state index contributed by atoms with van der Waals surface area (Å²) < 4.78 is 0. The molecule has 0 radical (unpaired) electrons. The van der Waals surface area contributed by atoms with Crippen LogP contribution in [0.5, 0.6) is 0 Å². The van der Waals surface area contributed by atoms with Crippen molar-refractivity contribution in [3.63, 3.8) is 0 Å². The third kappa shape index (κ3) is 4.34. The Labute approximate surface area is 122 Å². The SMILES string of the molecule is CC(C)CCN(C(=O)Cc1ccc(CN)cc1)C1CC1. The summed E-state index contributed by atoms with van der Waals surface area (Å²) in [4.78, 5) is 14.6. The molecule has 0 spiro atoms. The molecule has 0 saturated heterocycles. The molecule has 0 atom stereocenters. The van der Waals surface area contributed by atoms with E-state index < -0.39 is 0 Å². The van der Waals surface area contributed by atoms with Crippen LogP contribution in [0.3, 0.4) is 0 Å². The van der Waals surface area contributed by atoms with E-state index in [1.807, 2.05) is 24.3 Å². The average Bonchev–Trinajstić information content (AvgIpc) is 3.24. The van der Waals surface area contributed by atoms with Gasteiger partial charge in [0, 0.05) is 19.1 Å². The first-order valence-corrected chi connectivity index (χ1v) is 7.67. The molecule has 1 aliphatic rings. The standard InChI is InChI=1S/C17H26N2O/c1-13(2)9-10-19(16-7-8-16)17(20)11-14-3-5-15(12-18)6-4-14/h3-6,13,16H,7-12,18H2,1-2H3. The molecule has 1 aromatic carbocycles. The maximum atomic E-state index is 12.5. The van der Waals surface area contributed by atoms with Crippen LogP contribution in [0.15, 0.2) is 24.3 Å². The molecule has 0 heterocycles. The maximum absolute atomic E-state index is 12.5. The minimum absolute atomic E-state index is 0.272. The highest BCUT2D eigenvalue weighted by atomic mass is 16.2. The fourth-order valence-electron chi connectivity index (χ4n) is 2.36. The first-order valence-electron chi connectivity index (χ1n) is 7.67. The molecule has 0 aliphatic heterocycles. The van der Waals surface area contributed by atoms with E-state index in [0.717, 1.165) is 24.1 Å². The zero-order valence-corrected chi connectivity index (χ0v) is 12.6. The molecule has 3 heteroatoms. The normalized spacial score (nSPS) is 14.6. The Bertz CT molecular complexity index is 435. The van der Waals surface area contributed by atoms with Crippen molar-refractivity contribution >= 4 is 5.91 Å². The van der Waals surface area contributed by atoms with Gasteiger partial charge < -0.3 is 10.6 Å². The van der Waals surface area contributed by atoms with Crippen molar-refractivity contribution < 1.29 is 4.79 Å². The number of hydrogen-bond acceptors (Lipinski definition) is 2. The molecule has 1 saturated carbocycles. The number of nitrogens with two attached hydrogens (primary N) is 1. The summed E-state index contributed by atoms with van der Waals surface area (Å²) in [6.07, 6.45) is 3.96. The van der Waals surface area contributed by atoms with Crippen LogP contribution >= 0.6 is 0 Å². The average molecular weight is 274 g/mol. The molecule has 1 fully saturated rings. The molecule has 0 unspecified atom stereocenters. The second-order valence-corrected chi connectivity index (χ2v) is 6.20. The molecule has 1 amide bonds. The molecule has 1 aliphatic carbocycles. The summed E-state index contributed by atoms with van der Waals surface area (Å²) in [6.45, 7) is 5.88. The van der Waals surface area contributed by atoms with E-state index in [0.29, 0.717) is 24.9 Å². The van der Waals surface area contributed by atoms with Gasteiger partial charge in [-0.2, -0.15) is 0 Å². The molecule has 2 rings (SSSR count).